The summed E-state index contributed by atoms with van der Waals surface area (Å²) in [5.74, 6) is 0.785. The van der Waals surface area contributed by atoms with Crippen LogP contribution in [0.3, 0.4) is 0 Å². The lowest BCUT2D eigenvalue weighted by Crippen LogP contribution is -2.41. The van der Waals surface area contributed by atoms with E-state index in [1.165, 1.54) is 4.90 Å². The Bertz CT molecular complexity index is 562. The zero-order chi connectivity index (χ0) is 17.4. The van der Waals surface area contributed by atoms with Gasteiger partial charge in [-0.25, -0.2) is 4.79 Å². The minimum absolute atomic E-state index is 0.111. The van der Waals surface area contributed by atoms with Gasteiger partial charge in [0, 0.05) is 38.1 Å². The number of hydrogen-bond acceptors (Lipinski definition) is 3. The first-order valence-electron chi connectivity index (χ1n) is 8.21. The van der Waals surface area contributed by atoms with Crippen LogP contribution < -0.4 is 10.1 Å². The summed E-state index contributed by atoms with van der Waals surface area (Å²) in [6.45, 7) is 2.85. The number of nitrogens with one attached hydrogen (secondary N) is 1. The number of rotatable bonds is 7. The second kappa shape index (κ2) is 9.37. The molecule has 7 heteroatoms. The smallest absolute Gasteiger partial charge is 0.317 e. The number of likely N-dealkylation sites (tertiary alicyclic amines) is 1. The molecule has 1 aliphatic rings. The van der Waals surface area contributed by atoms with Gasteiger partial charge in [0.05, 0.1) is 6.54 Å². The number of halogens is 1. The molecular weight excluding hydrogens is 330 g/mol. The van der Waals surface area contributed by atoms with Gasteiger partial charge in [-0.15, -0.1) is 0 Å². The average molecular weight is 354 g/mol. The van der Waals surface area contributed by atoms with E-state index in [1.807, 2.05) is 17.0 Å². The molecule has 6 nitrogen and oxygen atoms in total. The number of carbonyl (C=O) groups excluding carboxylic acids is 2. The molecule has 0 atom stereocenters. The Labute approximate surface area is 147 Å². The fraction of sp³-hybridized carbons (Fsp3) is 0.529. The second-order valence-corrected chi connectivity index (χ2v) is 6.23. The topological polar surface area (TPSA) is 61.9 Å². The molecular formula is C17H24ClN3O3. The molecule has 0 aliphatic carbocycles. The molecule has 1 N–H and O–H groups in total. The number of amides is 3. The zero-order valence-electron chi connectivity index (χ0n) is 14.0. The lowest BCUT2D eigenvalue weighted by atomic mass is 10.3. The SMILES string of the molecule is CN(CCOc1cccc(Cl)c1)C(=O)NCCC(=O)N1CCCC1. The number of benzene rings is 1. The van der Waals surface area contributed by atoms with Crippen LogP contribution in [0.2, 0.25) is 5.02 Å². The van der Waals surface area contributed by atoms with Crippen molar-refractivity contribution in [2.24, 2.45) is 0 Å². The molecule has 132 valence electrons. The zero-order valence-corrected chi connectivity index (χ0v) is 14.7. The number of ether oxygens (including phenoxy) is 1. The molecule has 0 aromatic heterocycles. The number of carbonyl (C=O) groups is 2. The van der Waals surface area contributed by atoms with Crippen molar-refractivity contribution >= 4 is 23.5 Å². The van der Waals surface area contributed by atoms with E-state index >= 15 is 0 Å². The van der Waals surface area contributed by atoms with Crippen LogP contribution in [0, 0.1) is 0 Å². The third-order valence-electron chi connectivity index (χ3n) is 3.91. The van der Waals surface area contributed by atoms with E-state index in [4.69, 9.17) is 16.3 Å². The highest BCUT2D eigenvalue weighted by Crippen LogP contribution is 2.16. The summed E-state index contributed by atoms with van der Waals surface area (Å²) in [7, 11) is 1.69. The molecule has 0 bridgehead atoms. The van der Waals surface area contributed by atoms with Crippen LogP contribution in [0.25, 0.3) is 0 Å². The summed E-state index contributed by atoms with van der Waals surface area (Å²) in [4.78, 5) is 27.2. The Hall–Kier alpha value is -1.95. The Morgan fingerprint density at radius 3 is 2.79 bits per heavy atom. The first-order chi connectivity index (χ1) is 11.6. The minimum Gasteiger partial charge on any atom is -0.492 e. The van der Waals surface area contributed by atoms with Gasteiger partial charge in [0.1, 0.15) is 12.4 Å². The lowest BCUT2D eigenvalue weighted by molar-refractivity contribution is -0.129. The molecule has 2 rings (SSSR count). The van der Waals surface area contributed by atoms with Crippen LogP contribution >= 0.6 is 11.6 Å². The fourth-order valence-electron chi connectivity index (χ4n) is 2.49. The van der Waals surface area contributed by atoms with Gasteiger partial charge in [-0.1, -0.05) is 17.7 Å². The maximum atomic E-state index is 12.0. The molecule has 0 spiro atoms. The van der Waals surface area contributed by atoms with Gasteiger partial charge in [0.15, 0.2) is 0 Å². The highest BCUT2D eigenvalue weighted by molar-refractivity contribution is 6.30. The summed E-state index contributed by atoms with van der Waals surface area (Å²) < 4.78 is 5.55. The molecule has 3 amide bonds. The van der Waals surface area contributed by atoms with E-state index in [2.05, 4.69) is 5.32 Å². The van der Waals surface area contributed by atoms with Gasteiger partial charge in [0.2, 0.25) is 5.91 Å². The summed E-state index contributed by atoms with van der Waals surface area (Å²) in [6.07, 6.45) is 2.50. The molecule has 1 aromatic rings. The Morgan fingerprint density at radius 1 is 1.33 bits per heavy atom. The van der Waals surface area contributed by atoms with Gasteiger partial charge in [-0.05, 0) is 31.0 Å². The number of hydrogen-bond donors (Lipinski definition) is 1. The van der Waals surface area contributed by atoms with Gasteiger partial charge in [-0.3, -0.25) is 4.79 Å². The molecule has 1 aromatic carbocycles. The van der Waals surface area contributed by atoms with Crippen molar-refractivity contribution in [3.63, 3.8) is 0 Å². The van der Waals surface area contributed by atoms with E-state index < -0.39 is 0 Å². The van der Waals surface area contributed by atoms with Crippen LogP contribution in [-0.4, -0.2) is 61.6 Å². The fourth-order valence-corrected chi connectivity index (χ4v) is 2.68. The molecule has 1 fully saturated rings. The van der Waals surface area contributed by atoms with Gasteiger partial charge in [-0.2, -0.15) is 0 Å². The molecule has 24 heavy (non-hydrogen) atoms. The molecule has 0 unspecified atom stereocenters. The molecule has 1 heterocycles. The standard InChI is InChI=1S/C17H24ClN3O3/c1-20(11-12-24-15-6-4-5-14(18)13-15)17(23)19-8-7-16(22)21-9-2-3-10-21/h4-6,13H,2-3,7-12H2,1H3,(H,19,23). The van der Waals surface area contributed by atoms with E-state index in [0.717, 1.165) is 25.9 Å². The van der Waals surface area contributed by atoms with Crippen LogP contribution in [0.15, 0.2) is 24.3 Å². The molecule has 1 saturated heterocycles. The Morgan fingerprint density at radius 2 is 2.08 bits per heavy atom. The third-order valence-corrected chi connectivity index (χ3v) is 4.15. The van der Waals surface area contributed by atoms with Gasteiger partial charge >= 0.3 is 6.03 Å². The highest BCUT2D eigenvalue weighted by Gasteiger charge is 2.17. The molecule has 0 saturated carbocycles. The number of urea groups is 1. The lowest BCUT2D eigenvalue weighted by Gasteiger charge is -2.19. The van der Waals surface area contributed by atoms with E-state index in [9.17, 15) is 9.59 Å². The monoisotopic (exact) mass is 353 g/mol. The van der Waals surface area contributed by atoms with Crippen LogP contribution in [0.1, 0.15) is 19.3 Å². The van der Waals surface area contributed by atoms with Crippen LogP contribution in [0.5, 0.6) is 5.75 Å². The Kier molecular flexibility index (Phi) is 7.18. The first kappa shape index (κ1) is 18.4. The summed E-state index contributed by atoms with van der Waals surface area (Å²) in [5, 5.41) is 3.37. The summed E-state index contributed by atoms with van der Waals surface area (Å²) >= 11 is 5.88. The van der Waals surface area contributed by atoms with Crippen LogP contribution in [0.4, 0.5) is 4.79 Å². The van der Waals surface area contributed by atoms with Crippen molar-refractivity contribution in [3.05, 3.63) is 29.3 Å². The van der Waals surface area contributed by atoms with Crippen molar-refractivity contribution in [3.8, 4) is 5.75 Å². The number of likely N-dealkylation sites (N-methyl/N-ethyl adjacent to an activating group) is 1. The van der Waals surface area contributed by atoms with Crippen molar-refractivity contribution in [1.82, 2.24) is 15.1 Å². The maximum absolute atomic E-state index is 12.0. The van der Waals surface area contributed by atoms with Gasteiger partial charge < -0.3 is 19.9 Å². The maximum Gasteiger partial charge on any atom is 0.317 e. The van der Waals surface area contributed by atoms with Crippen LogP contribution in [-0.2, 0) is 4.79 Å². The second-order valence-electron chi connectivity index (χ2n) is 5.80. The molecule has 1 aliphatic heterocycles. The summed E-state index contributed by atoms with van der Waals surface area (Å²) in [6, 6.07) is 6.92. The minimum atomic E-state index is -0.209. The van der Waals surface area contributed by atoms with E-state index in [1.54, 1.807) is 19.2 Å². The van der Waals surface area contributed by atoms with Crippen molar-refractivity contribution < 1.29 is 14.3 Å². The average Bonchev–Trinajstić information content (AvgIpc) is 3.09. The first-order valence-corrected chi connectivity index (χ1v) is 8.59. The predicted octanol–water partition coefficient (Wildman–Crippen LogP) is 2.37. The highest BCUT2D eigenvalue weighted by atomic mass is 35.5. The largest absolute Gasteiger partial charge is 0.492 e. The number of nitrogens with zero attached hydrogens (tertiary/aromatic N) is 2. The summed E-state index contributed by atoms with van der Waals surface area (Å²) in [5.41, 5.74) is 0. The van der Waals surface area contributed by atoms with E-state index in [-0.39, 0.29) is 11.9 Å². The quantitative estimate of drug-likeness (QED) is 0.818. The Balaban J connectivity index is 1.60. The van der Waals surface area contributed by atoms with Crippen molar-refractivity contribution in [2.45, 2.75) is 19.3 Å². The van der Waals surface area contributed by atoms with Crippen molar-refractivity contribution in [2.75, 3.05) is 39.8 Å². The van der Waals surface area contributed by atoms with Crippen molar-refractivity contribution in [1.29, 1.82) is 0 Å². The van der Waals surface area contributed by atoms with E-state index in [0.29, 0.717) is 36.9 Å². The normalized spacial score (nSPS) is 13.7. The van der Waals surface area contributed by atoms with Gasteiger partial charge in [0.25, 0.3) is 0 Å². The predicted molar refractivity (Wildman–Crippen MR) is 93.4 cm³/mol. The molecule has 0 radical (unpaired) electrons. The third kappa shape index (κ3) is 5.92.